The lowest BCUT2D eigenvalue weighted by molar-refractivity contribution is 0.369. The Bertz CT molecular complexity index is 665. The van der Waals surface area contributed by atoms with Crippen molar-refractivity contribution in [1.29, 1.82) is 0 Å². The van der Waals surface area contributed by atoms with Crippen LogP contribution in [0, 0.1) is 5.92 Å². The molecule has 1 saturated heterocycles. The summed E-state index contributed by atoms with van der Waals surface area (Å²) in [6.07, 6.45) is 3.83. The zero-order valence-corrected chi connectivity index (χ0v) is 18.6. The van der Waals surface area contributed by atoms with Crippen LogP contribution in [0.5, 0.6) is 0 Å². The smallest absolute Gasteiger partial charge is 0.194 e. The molecule has 1 fully saturated rings. The van der Waals surface area contributed by atoms with Crippen LogP contribution in [-0.4, -0.2) is 59.9 Å². The van der Waals surface area contributed by atoms with Gasteiger partial charge in [-0.2, -0.15) is 5.10 Å². The molecule has 1 atom stereocenters. The summed E-state index contributed by atoms with van der Waals surface area (Å²) in [4.78, 5) is 9.71. The molecule has 6 nitrogen and oxygen atoms in total. The van der Waals surface area contributed by atoms with E-state index in [9.17, 15) is 0 Å². The maximum atomic E-state index is 4.89. The van der Waals surface area contributed by atoms with E-state index in [0.717, 1.165) is 51.8 Å². The number of nitrogens with zero attached hydrogens (tertiary/aromatic N) is 5. The van der Waals surface area contributed by atoms with E-state index < -0.39 is 0 Å². The van der Waals surface area contributed by atoms with Crippen molar-refractivity contribution in [1.82, 2.24) is 20.0 Å². The van der Waals surface area contributed by atoms with Crippen LogP contribution in [-0.2, 0) is 6.54 Å². The van der Waals surface area contributed by atoms with Gasteiger partial charge in [0, 0.05) is 63.9 Å². The van der Waals surface area contributed by atoms with Gasteiger partial charge in [-0.15, -0.1) is 24.0 Å². The maximum absolute atomic E-state index is 4.89. The van der Waals surface area contributed by atoms with Crippen molar-refractivity contribution in [2.45, 2.75) is 20.4 Å². The largest absolute Gasteiger partial charge is 0.368 e. The van der Waals surface area contributed by atoms with Crippen molar-refractivity contribution in [3.8, 4) is 0 Å². The number of anilines is 1. The molecule has 0 bridgehead atoms. The van der Waals surface area contributed by atoms with Crippen molar-refractivity contribution in [3.63, 3.8) is 0 Å². The molecule has 0 spiro atoms. The van der Waals surface area contributed by atoms with E-state index in [4.69, 9.17) is 4.99 Å². The highest BCUT2D eigenvalue weighted by atomic mass is 127. The third-order valence-corrected chi connectivity index (χ3v) is 4.65. The van der Waals surface area contributed by atoms with Crippen LogP contribution >= 0.6 is 24.0 Å². The van der Waals surface area contributed by atoms with Crippen LogP contribution < -0.4 is 10.2 Å². The van der Waals surface area contributed by atoms with Gasteiger partial charge in [-0.3, -0.25) is 9.67 Å². The van der Waals surface area contributed by atoms with Crippen molar-refractivity contribution < 1.29 is 0 Å². The Hall–Kier alpha value is -1.77. The second-order valence-electron chi connectivity index (χ2n) is 6.84. The topological polar surface area (TPSA) is 48.7 Å². The van der Waals surface area contributed by atoms with E-state index in [1.165, 1.54) is 5.69 Å². The molecule has 1 aromatic carbocycles. The minimum Gasteiger partial charge on any atom is -0.368 e. The van der Waals surface area contributed by atoms with E-state index in [2.05, 4.69) is 64.4 Å². The van der Waals surface area contributed by atoms with Crippen molar-refractivity contribution in [2.24, 2.45) is 10.9 Å². The Balaban J connectivity index is 0.00000261. The van der Waals surface area contributed by atoms with Gasteiger partial charge in [-0.25, -0.2) is 0 Å². The molecule has 1 N–H and O–H groups in total. The first kappa shape index (κ1) is 21.5. The minimum atomic E-state index is 0. The summed E-state index contributed by atoms with van der Waals surface area (Å²) in [5, 5.41) is 7.74. The average Bonchev–Trinajstić information content (AvgIpc) is 3.19. The number of guanidine groups is 1. The third-order valence-electron chi connectivity index (χ3n) is 4.65. The molecule has 1 aliphatic heterocycles. The lowest BCUT2D eigenvalue weighted by Crippen LogP contribution is -2.52. The normalized spacial score (nSPS) is 16.0. The molecule has 0 saturated carbocycles. The fraction of sp³-hybridized carbons (Fsp3) is 0.500. The molecule has 2 heterocycles. The highest BCUT2D eigenvalue weighted by Crippen LogP contribution is 2.15. The molecule has 0 aliphatic carbocycles. The zero-order valence-electron chi connectivity index (χ0n) is 16.3. The highest BCUT2D eigenvalue weighted by Gasteiger charge is 2.19. The summed E-state index contributed by atoms with van der Waals surface area (Å²) in [6.45, 7) is 11.0. The predicted molar refractivity (Wildman–Crippen MR) is 123 cm³/mol. The van der Waals surface area contributed by atoms with E-state index in [1.807, 2.05) is 23.1 Å². The molecule has 148 valence electrons. The number of para-hydroxylation sites is 1. The number of hydrogen-bond donors (Lipinski definition) is 1. The van der Waals surface area contributed by atoms with Gasteiger partial charge in [0.1, 0.15) is 0 Å². The second kappa shape index (κ2) is 11.2. The highest BCUT2D eigenvalue weighted by molar-refractivity contribution is 14.0. The Labute approximate surface area is 179 Å². The first-order chi connectivity index (χ1) is 12.8. The van der Waals surface area contributed by atoms with E-state index in [0.29, 0.717) is 5.92 Å². The van der Waals surface area contributed by atoms with E-state index >= 15 is 0 Å². The van der Waals surface area contributed by atoms with Crippen molar-refractivity contribution >= 4 is 35.6 Å². The molecule has 0 radical (unpaired) electrons. The Morgan fingerprint density at radius 2 is 1.89 bits per heavy atom. The minimum absolute atomic E-state index is 0. The number of piperazine rings is 1. The Kier molecular flexibility index (Phi) is 8.90. The standard InChI is InChI=1S/C20H30N6.HI/c1-3-21-20(22-16-18(2)17-26-11-7-10-23-26)25-14-12-24(13-15-25)19-8-5-4-6-9-19;/h4-11,18H,3,12-17H2,1-2H3,(H,21,22);1H. The quantitative estimate of drug-likeness (QED) is 0.391. The molecule has 7 heteroatoms. The predicted octanol–water partition coefficient (Wildman–Crippen LogP) is 2.92. The van der Waals surface area contributed by atoms with Crippen LogP contribution in [0.3, 0.4) is 0 Å². The number of hydrogen-bond acceptors (Lipinski definition) is 3. The average molecular weight is 482 g/mol. The van der Waals surface area contributed by atoms with Gasteiger partial charge in [-0.1, -0.05) is 25.1 Å². The monoisotopic (exact) mass is 482 g/mol. The number of nitrogens with one attached hydrogen (secondary N) is 1. The zero-order chi connectivity index (χ0) is 18.2. The van der Waals surface area contributed by atoms with Crippen LogP contribution in [0.2, 0.25) is 0 Å². The van der Waals surface area contributed by atoms with Gasteiger partial charge < -0.3 is 15.1 Å². The second-order valence-corrected chi connectivity index (χ2v) is 6.84. The molecule has 1 aliphatic rings. The number of aromatic nitrogens is 2. The third kappa shape index (κ3) is 6.41. The molecule has 1 unspecified atom stereocenters. The molecule has 2 aromatic rings. The van der Waals surface area contributed by atoms with Crippen molar-refractivity contribution in [3.05, 3.63) is 48.8 Å². The number of halogens is 1. The van der Waals surface area contributed by atoms with Gasteiger partial charge in [-0.05, 0) is 31.0 Å². The fourth-order valence-corrected chi connectivity index (χ4v) is 3.27. The van der Waals surface area contributed by atoms with Crippen LogP contribution in [0.15, 0.2) is 53.8 Å². The number of rotatable bonds is 6. The van der Waals surface area contributed by atoms with Gasteiger partial charge in [0.2, 0.25) is 0 Å². The van der Waals surface area contributed by atoms with Gasteiger partial charge >= 0.3 is 0 Å². The number of benzene rings is 1. The van der Waals surface area contributed by atoms with Gasteiger partial charge in [0.15, 0.2) is 5.96 Å². The molecule has 27 heavy (non-hydrogen) atoms. The summed E-state index contributed by atoms with van der Waals surface area (Å²) in [5.41, 5.74) is 1.31. The maximum Gasteiger partial charge on any atom is 0.194 e. The lowest BCUT2D eigenvalue weighted by atomic mass is 10.2. The van der Waals surface area contributed by atoms with Crippen LogP contribution in [0.4, 0.5) is 5.69 Å². The molecule has 1 aromatic heterocycles. The summed E-state index contributed by atoms with van der Waals surface area (Å²) >= 11 is 0. The van der Waals surface area contributed by atoms with Gasteiger partial charge in [0.05, 0.1) is 0 Å². The number of aliphatic imine (C=N–C) groups is 1. The Morgan fingerprint density at radius 3 is 2.52 bits per heavy atom. The first-order valence-electron chi connectivity index (χ1n) is 9.57. The summed E-state index contributed by atoms with van der Waals surface area (Å²) < 4.78 is 1.98. The Morgan fingerprint density at radius 1 is 1.15 bits per heavy atom. The summed E-state index contributed by atoms with van der Waals surface area (Å²) in [7, 11) is 0. The summed E-state index contributed by atoms with van der Waals surface area (Å²) in [5.74, 6) is 1.49. The van der Waals surface area contributed by atoms with Crippen LogP contribution in [0.25, 0.3) is 0 Å². The van der Waals surface area contributed by atoms with E-state index in [1.54, 1.807) is 0 Å². The molecular weight excluding hydrogens is 451 g/mol. The van der Waals surface area contributed by atoms with Crippen LogP contribution in [0.1, 0.15) is 13.8 Å². The SMILES string of the molecule is CCNC(=NCC(C)Cn1cccn1)N1CCN(c2ccccc2)CC1.I. The fourth-order valence-electron chi connectivity index (χ4n) is 3.27. The molecule has 0 amide bonds. The van der Waals surface area contributed by atoms with Crippen molar-refractivity contribution in [2.75, 3.05) is 44.2 Å². The van der Waals surface area contributed by atoms with E-state index in [-0.39, 0.29) is 24.0 Å². The first-order valence-corrected chi connectivity index (χ1v) is 9.57. The molecular formula is C20H31IN6. The summed E-state index contributed by atoms with van der Waals surface area (Å²) in [6, 6.07) is 12.6. The molecule has 3 rings (SSSR count). The van der Waals surface area contributed by atoms with Gasteiger partial charge in [0.25, 0.3) is 0 Å². The lowest BCUT2D eigenvalue weighted by Gasteiger charge is -2.37.